The number of amides is 1. The molecule has 1 amide bonds. The molecule has 1 unspecified atom stereocenters. The van der Waals surface area contributed by atoms with Gasteiger partial charge in [-0.15, -0.1) is 23.1 Å². The molecule has 1 aromatic heterocycles. The lowest BCUT2D eigenvalue weighted by atomic mass is 10.0. The molecule has 0 aliphatic carbocycles. The van der Waals surface area contributed by atoms with Crippen LogP contribution in [0, 0.1) is 0 Å². The molecule has 7 nitrogen and oxygen atoms in total. The van der Waals surface area contributed by atoms with Crippen molar-refractivity contribution < 1.29 is 24.2 Å². The zero-order valence-corrected chi connectivity index (χ0v) is 19.6. The third kappa shape index (κ3) is 6.82. The molecule has 2 heterocycles. The maximum atomic E-state index is 13.2. The number of carbonyl (C=O) groups excluding carboxylic acids is 2. The van der Waals surface area contributed by atoms with Gasteiger partial charge >= 0.3 is 11.9 Å². The highest BCUT2D eigenvalue weighted by Gasteiger charge is 2.36. The van der Waals surface area contributed by atoms with Gasteiger partial charge in [-0.2, -0.15) is 0 Å². The first kappa shape index (κ1) is 24.3. The van der Waals surface area contributed by atoms with E-state index in [1.54, 1.807) is 30.0 Å². The van der Waals surface area contributed by atoms with Crippen molar-refractivity contribution in [3.8, 4) is 0 Å². The van der Waals surface area contributed by atoms with Crippen LogP contribution in [0.15, 0.2) is 47.8 Å². The summed E-state index contributed by atoms with van der Waals surface area (Å²) in [6.45, 7) is 1.95. The summed E-state index contributed by atoms with van der Waals surface area (Å²) in [4.78, 5) is 39.7. The van der Waals surface area contributed by atoms with Crippen LogP contribution in [-0.4, -0.2) is 65.4 Å². The molecule has 0 saturated carbocycles. The van der Waals surface area contributed by atoms with Crippen molar-refractivity contribution in [3.63, 3.8) is 0 Å². The Morgan fingerprint density at radius 1 is 1.25 bits per heavy atom. The minimum Gasteiger partial charge on any atom is -0.480 e. The molecule has 2 N–H and O–H groups in total. The average Bonchev–Trinajstić information content (AvgIpc) is 3.27. The number of nitrogens with zero attached hydrogens (tertiary/aromatic N) is 1. The van der Waals surface area contributed by atoms with E-state index in [4.69, 9.17) is 4.74 Å². The highest BCUT2D eigenvalue weighted by atomic mass is 32.2. The van der Waals surface area contributed by atoms with Gasteiger partial charge in [-0.05, 0) is 36.8 Å². The van der Waals surface area contributed by atoms with Crippen LogP contribution in [0.3, 0.4) is 0 Å². The van der Waals surface area contributed by atoms with Crippen LogP contribution in [0.2, 0.25) is 0 Å². The number of aryl methyl sites for hydroxylation is 1. The smallest absolute Gasteiger partial charge is 0.323 e. The van der Waals surface area contributed by atoms with Crippen LogP contribution in [0.4, 0.5) is 0 Å². The van der Waals surface area contributed by atoms with Crippen LogP contribution < -0.4 is 5.32 Å². The molecule has 172 valence electrons. The molecule has 1 aliphatic rings. The Morgan fingerprint density at radius 3 is 2.69 bits per heavy atom. The first-order valence-corrected chi connectivity index (χ1v) is 12.5. The van der Waals surface area contributed by atoms with Gasteiger partial charge in [0.05, 0.1) is 17.9 Å². The summed E-state index contributed by atoms with van der Waals surface area (Å²) in [5.74, 6) is -1.31. The number of esters is 1. The molecule has 3 atom stereocenters. The summed E-state index contributed by atoms with van der Waals surface area (Å²) < 4.78 is 5.25. The average molecular weight is 477 g/mol. The van der Waals surface area contributed by atoms with Gasteiger partial charge in [0.25, 0.3) is 0 Å². The van der Waals surface area contributed by atoms with E-state index in [-0.39, 0.29) is 24.3 Å². The zero-order valence-electron chi connectivity index (χ0n) is 17.9. The Balaban J connectivity index is 1.75. The first-order chi connectivity index (χ1) is 15.5. The summed E-state index contributed by atoms with van der Waals surface area (Å²) >= 11 is 3.20. The second-order valence-corrected chi connectivity index (χ2v) is 9.71. The molecule has 32 heavy (non-hydrogen) atoms. The summed E-state index contributed by atoms with van der Waals surface area (Å²) in [7, 11) is 0. The van der Waals surface area contributed by atoms with E-state index in [0.717, 1.165) is 10.4 Å². The standard InChI is InChI=1S/C23H28N2O5S2/c1-2-30-23(29)17(11-10-16-7-4-3-5-8-16)24-18-15-32-20(19-9-6-12-31-19)13-25(22(18)28)14-21(26)27/h3-9,12,17-18,20,24H,2,10-11,13-15H2,1H3,(H,26,27)/t17-,18?,20-/m0/s1. The number of thiophene rings is 1. The summed E-state index contributed by atoms with van der Waals surface area (Å²) in [6.07, 6.45) is 1.13. The highest BCUT2D eigenvalue weighted by Crippen LogP contribution is 2.35. The van der Waals surface area contributed by atoms with Gasteiger partial charge in [-0.3, -0.25) is 19.7 Å². The lowest BCUT2D eigenvalue weighted by Crippen LogP contribution is -2.53. The molecule has 1 fully saturated rings. The van der Waals surface area contributed by atoms with E-state index in [2.05, 4.69) is 5.32 Å². The molecular formula is C23H28N2O5S2. The molecular weight excluding hydrogens is 448 g/mol. The number of ether oxygens (including phenoxy) is 1. The van der Waals surface area contributed by atoms with E-state index in [1.165, 1.54) is 4.90 Å². The van der Waals surface area contributed by atoms with Crippen LogP contribution in [-0.2, 0) is 25.5 Å². The van der Waals surface area contributed by atoms with E-state index >= 15 is 0 Å². The molecule has 9 heteroatoms. The first-order valence-electron chi connectivity index (χ1n) is 10.6. The van der Waals surface area contributed by atoms with Crippen molar-refractivity contribution in [1.82, 2.24) is 10.2 Å². The van der Waals surface area contributed by atoms with Crippen molar-refractivity contribution in [3.05, 3.63) is 58.3 Å². The van der Waals surface area contributed by atoms with Gasteiger partial charge in [0.1, 0.15) is 12.6 Å². The van der Waals surface area contributed by atoms with Gasteiger partial charge in [-0.1, -0.05) is 36.4 Å². The Bertz CT molecular complexity index is 891. The number of carboxylic acids is 1. The number of thioether (sulfide) groups is 1. The molecule has 0 bridgehead atoms. The van der Waals surface area contributed by atoms with Crippen LogP contribution >= 0.6 is 23.1 Å². The Labute approximate surface area is 196 Å². The molecule has 0 spiro atoms. The quantitative estimate of drug-likeness (QED) is 0.509. The number of benzene rings is 1. The third-order valence-electron chi connectivity index (χ3n) is 5.18. The number of hydrogen-bond donors (Lipinski definition) is 2. The number of aliphatic carboxylic acids is 1. The lowest BCUT2D eigenvalue weighted by molar-refractivity contribution is -0.148. The fourth-order valence-electron chi connectivity index (χ4n) is 3.63. The Hall–Kier alpha value is -2.36. The number of carbonyl (C=O) groups is 3. The van der Waals surface area contributed by atoms with Gasteiger partial charge in [0.2, 0.25) is 5.91 Å². The van der Waals surface area contributed by atoms with Crippen molar-refractivity contribution in [2.24, 2.45) is 0 Å². The second-order valence-electron chi connectivity index (χ2n) is 7.50. The Morgan fingerprint density at radius 2 is 2.03 bits per heavy atom. The van der Waals surface area contributed by atoms with Crippen LogP contribution in [0.5, 0.6) is 0 Å². The SMILES string of the molecule is CCOC(=O)[C@H](CCc1ccccc1)NC1CS[C@H](c2cccs2)CN(CC(=O)O)C1=O. The lowest BCUT2D eigenvalue weighted by Gasteiger charge is -2.26. The molecule has 2 aromatic rings. The monoisotopic (exact) mass is 476 g/mol. The minimum absolute atomic E-state index is 0.00420. The number of rotatable bonds is 10. The molecule has 1 aromatic carbocycles. The van der Waals surface area contributed by atoms with Crippen molar-refractivity contribution in [1.29, 1.82) is 0 Å². The number of hydrogen-bond acceptors (Lipinski definition) is 7. The molecule has 1 saturated heterocycles. The Kier molecular flexibility index (Phi) is 9.13. The van der Waals surface area contributed by atoms with Gasteiger partial charge < -0.3 is 14.7 Å². The van der Waals surface area contributed by atoms with E-state index < -0.39 is 24.0 Å². The maximum absolute atomic E-state index is 13.2. The van der Waals surface area contributed by atoms with Crippen LogP contribution in [0.25, 0.3) is 0 Å². The highest BCUT2D eigenvalue weighted by molar-refractivity contribution is 7.99. The van der Waals surface area contributed by atoms with Gasteiger partial charge in [0.15, 0.2) is 0 Å². The molecule has 3 rings (SSSR count). The predicted molar refractivity (Wildman–Crippen MR) is 126 cm³/mol. The summed E-state index contributed by atoms with van der Waals surface area (Å²) in [5, 5.41) is 14.5. The minimum atomic E-state index is -1.06. The fraction of sp³-hybridized carbons (Fsp3) is 0.435. The van der Waals surface area contributed by atoms with Crippen LogP contribution in [0.1, 0.15) is 29.0 Å². The largest absolute Gasteiger partial charge is 0.480 e. The number of carboxylic acid groups (broad SMARTS) is 1. The topological polar surface area (TPSA) is 95.9 Å². The third-order valence-corrected chi connectivity index (χ3v) is 7.65. The van der Waals surface area contributed by atoms with Gasteiger partial charge in [0, 0.05) is 17.2 Å². The van der Waals surface area contributed by atoms with E-state index in [1.807, 2.05) is 47.8 Å². The van der Waals surface area contributed by atoms with E-state index in [9.17, 15) is 19.5 Å². The van der Waals surface area contributed by atoms with Crippen molar-refractivity contribution >= 4 is 40.9 Å². The molecule has 0 radical (unpaired) electrons. The summed E-state index contributed by atoms with van der Waals surface area (Å²) in [6, 6.07) is 12.4. The van der Waals surface area contributed by atoms with Crippen molar-refractivity contribution in [2.45, 2.75) is 37.1 Å². The van der Waals surface area contributed by atoms with Crippen molar-refractivity contribution in [2.75, 3.05) is 25.4 Å². The summed E-state index contributed by atoms with van der Waals surface area (Å²) in [5.41, 5.74) is 1.09. The van der Waals surface area contributed by atoms with E-state index in [0.29, 0.717) is 25.1 Å². The molecule has 1 aliphatic heterocycles. The zero-order chi connectivity index (χ0) is 22.9. The predicted octanol–water partition coefficient (Wildman–Crippen LogP) is 2.97. The second kappa shape index (κ2) is 12.0. The van der Waals surface area contributed by atoms with Gasteiger partial charge in [-0.25, -0.2) is 0 Å². The number of nitrogens with one attached hydrogen (secondary N) is 1. The maximum Gasteiger partial charge on any atom is 0.323 e. The normalized spacial score (nSPS) is 19.9. The fourth-order valence-corrected chi connectivity index (χ4v) is 5.89.